The first-order valence-electron chi connectivity index (χ1n) is 6.55. The van der Waals surface area contributed by atoms with Gasteiger partial charge >= 0.3 is 5.97 Å². The van der Waals surface area contributed by atoms with Crippen molar-refractivity contribution in [3.63, 3.8) is 0 Å². The van der Waals surface area contributed by atoms with Crippen LogP contribution in [0, 0.1) is 0 Å². The summed E-state index contributed by atoms with van der Waals surface area (Å²) in [6.07, 6.45) is 2.17. The van der Waals surface area contributed by atoms with Gasteiger partial charge in [0.25, 0.3) is 0 Å². The molecule has 1 fully saturated rings. The lowest BCUT2D eigenvalue weighted by atomic mass is 10.0. The minimum absolute atomic E-state index is 0.0510. The van der Waals surface area contributed by atoms with E-state index in [1.165, 1.54) is 5.56 Å². The molecule has 1 unspecified atom stereocenters. The molecule has 0 spiro atoms. The van der Waals surface area contributed by atoms with E-state index in [0.717, 1.165) is 36.9 Å². The summed E-state index contributed by atoms with van der Waals surface area (Å²) in [5.74, 6) is -0.788. The third-order valence-electron chi connectivity index (χ3n) is 3.34. The van der Waals surface area contributed by atoms with E-state index >= 15 is 0 Å². The lowest BCUT2D eigenvalue weighted by molar-refractivity contribution is -0.136. The number of carboxylic acids is 1. The van der Waals surface area contributed by atoms with E-state index < -0.39 is 5.97 Å². The number of nitrogens with zero attached hydrogens (tertiary/aromatic N) is 1. The molecule has 0 aromatic heterocycles. The molecule has 0 amide bonds. The molecular formula is C14H19BrN2O2. The molecule has 1 aliphatic heterocycles. The maximum absolute atomic E-state index is 10.6. The van der Waals surface area contributed by atoms with Crippen LogP contribution in [0.1, 0.15) is 18.4 Å². The van der Waals surface area contributed by atoms with Gasteiger partial charge in [0.15, 0.2) is 0 Å². The second-order valence-corrected chi connectivity index (χ2v) is 5.89. The fraction of sp³-hybridized carbons (Fsp3) is 0.500. The predicted octanol–water partition coefficient (Wildman–Crippen LogP) is 2.09. The van der Waals surface area contributed by atoms with Crippen LogP contribution in [0.3, 0.4) is 0 Å². The van der Waals surface area contributed by atoms with Gasteiger partial charge in [0, 0.05) is 23.6 Å². The molecule has 0 saturated carbocycles. The van der Waals surface area contributed by atoms with Crippen LogP contribution in [0.4, 0.5) is 0 Å². The summed E-state index contributed by atoms with van der Waals surface area (Å²) in [6, 6.07) is 8.62. The van der Waals surface area contributed by atoms with E-state index in [2.05, 4.69) is 38.3 Å². The Kier molecular flexibility index (Phi) is 5.36. The molecule has 0 aliphatic carbocycles. The minimum Gasteiger partial charge on any atom is -0.480 e. The molecule has 1 saturated heterocycles. The SMILES string of the molecule is O=C(O)CNC1CCCN(Cc2cccc(Br)c2)C1. The highest BCUT2D eigenvalue weighted by Crippen LogP contribution is 2.16. The van der Waals surface area contributed by atoms with Gasteiger partial charge in [0.2, 0.25) is 0 Å². The van der Waals surface area contributed by atoms with Crippen molar-refractivity contribution in [2.75, 3.05) is 19.6 Å². The van der Waals surface area contributed by atoms with Crippen molar-refractivity contribution in [3.8, 4) is 0 Å². The molecule has 1 aromatic carbocycles. The first-order valence-corrected chi connectivity index (χ1v) is 7.35. The van der Waals surface area contributed by atoms with Crippen LogP contribution in [0.15, 0.2) is 28.7 Å². The summed E-state index contributed by atoms with van der Waals surface area (Å²) in [6.45, 7) is 2.97. The molecule has 1 aliphatic rings. The topological polar surface area (TPSA) is 52.6 Å². The Morgan fingerprint density at radius 3 is 3.11 bits per heavy atom. The number of nitrogens with one attached hydrogen (secondary N) is 1. The Balaban J connectivity index is 1.85. The Labute approximate surface area is 121 Å². The van der Waals surface area contributed by atoms with Crippen LogP contribution in [0.5, 0.6) is 0 Å². The van der Waals surface area contributed by atoms with E-state index in [4.69, 9.17) is 5.11 Å². The number of halogens is 1. The molecule has 1 heterocycles. The first-order chi connectivity index (χ1) is 9.13. The summed E-state index contributed by atoms with van der Waals surface area (Å²) in [5.41, 5.74) is 1.29. The number of carbonyl (C=O) groups is 1. The molecule has 1 aromatic rings. The van der Waals surface area contributed by atoms with Gasteiger partial charge in [0.1, 0.15) is 0 Å². The predicted molar refractivity (Wildman–Crippen MR) is 78.1 cm³/mol. The van der Waals surface area contributed by atoms with Crippen LogP contribution in [0.25, 0.3) is 0 Å². The molecule has 19 heavy (non-hydrogen) atoms. The number of hydrogen-bond acceptors (Lipinski definition) is 3. The Hall–Kier alpha value is -0.910. The maximum atomic E-state index is 10.6. The molecule has 0 bridgehead atoms. The van der Waals surface area contributed by atoms with Crippen molar-refractivity contribution in [3.05, 3.63) is 34.3 Å². The average molecular weight is 327 g/mol. The van der Waals surface area contributed by atoms with Crippen LogP contribution in [0.2, 0.25) is 0 Å². The number of carboxylic acid groups (broad SMARTS) is 1. The number of aliphatic carboxylic acids is 1. The standard InChI is InChI=1S/C14H19BrN2O2/c15-12-4-1-3-11(7-12)9-17-6-2-5-13(10-17)16-8-14(18)19/h1,3-4,7,13,16H,2,5-6,8-10H2,(H,18,19). The Morgan fingerprint density at radius 1 is 1.53 bits per heavy atom. The second kappa shape index (κ2) is 7.03. The molecular weight excluding hydrogens is 308 g/mol. The molecule has 1 atom stereocenters. The van der Waals surface area contributed by atoms with Gasteiger partial charge in [-0.2, -0.15) is 0 Å². The van der Waals surface area contributed by atoms with Crippen molar-refractivity contribution < 1.29 is 9.90 Å². The van der Waals surface area contributed by atoms with Crippen LogP contribution in [-0.2, 0) is 11.3 Å². The van der Waals surface area contributed by atoms with Gasteiger partial charge in [0.05, 0.1) is 6.54 Å². The Morgan fingerprint density at radius 2 is 2.37 bits per heavy atom. The second-order valence-electron chi connectivity index (χ2n) is 4.98. The zero-order chi connectivity index (χ0) is 13.7. The minimum atomic E-state index is -0.788. The number of likely N-dealkylation sites (tertiary alicyclic amines) is 1. The molecule has 4 nitrogen and oxygen atoms in total. The van der Waals surface area contributed by atoms with Crippen molar-refractivity contribution in [2.24, 2.45) is 0 Å². The highest BCUT2D eigenvalue weighted by atomic mass is 79.9. The van der Waals surface area contributed by atoms with Gasteiger partial charge in [-0.1, -0.05) is 28.1 Å². The summed E-state index contributed by atoms with van der Waals surface area (Å²) in [7, 11) is 0. The van der Waals surface area contributed by atoms with Crippen LogP contribution < -0.4 is 5.32 Å². The zero-order valence-corrected chi connectivity index (χ0v) is 12.4. The molecule has 2 N–H and O–H groups in total. The van der Waals surface area contributed by atoms with Crippen molar-refractivity contribution in [2.45, 2.75) is 25.4 Å². The number of rotatable bonds is 5. The average Bonchev–Trinajstić information content (AvgIpc) is 2.37. The van der Waals surface area contributed by atoms with Crippen molar-refractivity contribution >= 4 is 21.9 Å². The molecule has 104 valence electrons. The zero-order valence-electron chi connectivity index (χ0n) is 10.8. The quantitative estimate of drug-likeness (QED) is 0.870. The fourth-order valence-electron chi connectivity index (χ4n) is 2.49. The van der Waals surface area contributed by atoms with Crippen LogP contribution >= 0.6 is 15.9 Å². The van der Waals surface area contributed by atoms with Crippen molar-refractivity contribution in [1.82, 2.24) is 10.2 Å². The molecule has 0 radical (unpaired) electrons. The molecule has 5 heteroatoms. The maximum Gasteiger partial charge on any atom is 0.317 e. The highest BCUT2D eigenvalue weighted by Gasteiger charge is 2.20. The smallest absolute Gasteiger partial charge is 0.317 e. The van der Waals surface area contributed by atoms with E-state index in [1.54, 1.807) is 0 Å². The Bertz CT molecular complexity index is 439. The van der Waals surface area contributed by atoms with E-state index in [9.17, 15) is 4.79 Å². The lowest BCUT2D eigenvalue weighted by Crippen LogP contribution is -2.46. The summed E-state index contributed by atoms with van der Waals surface area (Å²) in [5, 5.41) is 11.8. The highest BCUT2D eigenvalue weighted by molar-refractivity contribution is 9.10. The van der Waals surface area contributed by atoms with Gasteiger partial charge in [-0.05, 0) is 37.1 Å². The summed E-state index contributed by atoms with van der Waals surface area (Å²) in [4.78, 5) is 13.0. The normalized spacial score (nSPS) is 20.4. The van der Waals surface area contributed by atoms with Gasteiger partial charge in [-0.3, -0.25) is 9.69 Å². The number of benzene rings is 1. The van der Waals surface area contributed by atoms with Gasteiger partial charge in [-0.15, -0.1) is 0 Å². The van der Waals surface area contributed by atoms with E-state index in [1.807, 2.05) is 12.1 Å². The van der Waals surface area contributed by atoms with E-state index in [0.29, 0.717) is 0 Å². The lowest BCUT2D eigenvalue weighted by Gasteiger charge is -2.33. The van der Waals surface area contributed by atoms with Gasteiger partial charge < -0.3 is 10.4 Å². The third-order valence-corrected chi connectivity index (χ3v) is 3.84. The third kappa shape index (κ3) is 4.93. The summed E-state index contributed by atoms with van der Waals surface area (Å²) < 4.78 is 1.10. The summed E-state index contributed by atoms with van der Waals surface area (Å²) >= 11 is 3.48. The molecule has 2 rings (SSSR count). The largest absolute Gasteiger partial charge is 0.480 e. The van der Waals surface area contributed by atoms with Gasteiger partial charge in [-0.25, -0.2) is 0 Å². The first kappa shape index (κ1) is 14.5. The monoisotopic (exact) mass is 326 g/mol. The van der Waals surface area contributed by atoms with E-state index in [-0.39, 0.29) is 12.6 Å². The van der Waals surface area contributed by atoms with Crippen LogP contribution in [-0.4, -0.2) is 41.7 Å². The number of hydrogen-bond donors (Lipinski definition) is 2. The fourth-order valence-corrected chi connectivity index (χ4v) is 2.94. The number of piperidine rings is 1. The van der Waals surface area contributed by atoms with Crippen molar-refractivity contribution in [1.29, 1.82) is 0 Å².